The Kier molecular flexibility index (Phi) is 4.62. The summed E-state index contributed by atoms with van der Waals surface area (Å²) < 4.78 is 23.5. The predicted octanol–water partition coefficient (Wildman–Crippen LogP) is 3.71. The highest BCUT2D eigenvalue weighted by atomic mass is 32.2. The lowest BCUT2D eigenvalue weighted by Gasteiger charge is -2.25. The van der Waals surface area contributed by atoms with Gasteiger partial charge in [0.1, 0.15) is 6.10 Å². The summed E-state index contributed by atoms with van der Waals surface area (Å²) in [5, 5.41) is 11.5. The summed E-state index contributed by atoms with van der Waals surface area (Å²) in [5.74, 6) is 0. The maximum absolute atomic E-state index is 11.8. The SMILES string of the molecule is CN1C(c2ccccc2)C1(c1ccccc1)C(O)c1ccc(S(C)(=O)=O)cc1. The number of aliphatic hydroxyl groups is 1. The van der Waals surface area contributed by atoms with Gasteiger partial charge in [-0.3, -0.25) is 4.90 Å². The molecular formula is C23H23NO3S. The molecule has 3 aromatic rings. The van der Waals surface area contributed by atoms with Gasteiger partial charge < -0.3 is 5.11 Å². The van der Waals surface area contributed by atoms with Gasteiger partial charge in [-0.2, -0.15) is 0 Å². The quantitative estimate of drug-likeness (QED) is 0.672. The maximum atomic E-state index is 11.8. The molecule has 0 aromatic heterocycles. The van der Waals surface area contributed by atoms with Crippen LogP contribution >= 0.6 is 0 Å². The van der Waals surface area contributed by atoms with Crippen molar-refractivity contribution in [2.24, 2.45) is 0 Å². The number of benzene rings is 3. The van der Waals surface area contributed by atoms with Gasteiger partial charge in [-0.1, -0.05) is 72.8 Å². The second-order valence-corrected chi connectivity index (χ2v) is 9.37. The topological polar surface area (TPSA) is 57.4 Å². The van der Waals surface area contributed by atoms with E-state index in [4.69, 9.17) is 0 Å². The molecule has 0 bridgehead atoms. The molecule has 4 unspecified atom stereocenters. The molecular weight excluding hydrogens is 370 g/mol. The molecule has 0 amide bonds. The van der Waals surface area contributed by atoms with Crippen molar-refractivity contribution in [1.29, 1.82) is 0 Å². The van der Waals surface area contributed by atoms with Gasteiger partial charge in [0.05, 0.1) is 16.5 Å². The molecule has 4 atom stereocenters. The van der Waals surface area contributed by atoms with Gasteiger partial charge in [0.15, 0.2) is 9.84 Å². The molecule has 1 saturated heterocycles. The number of hydrogen-bond acceptors (Lipinski definition) is 4. The van der Waals surface area contributed by atoms with Crippen molar-refractivity contribution in [3.8, 4) is 0 Å². The standard InChI is InChI=1S/C23H23NO3S/c1-24-21(17-9-5-3-6-10-17)23(24,19-11-7-4-8-12-19)22(25)18-13-15-20(16-14-18)28(2,26)27/h3-16,21-22,25H,1-2H3. The van der Waals surface area contributed by atoms with Crippen LogP contribution in [0.15, 0.2) is 89.8 Å². The Hall–Kier alpha value is -2.47. The molecule has 1 aliphatic heterocycles. The fourth-order valence-electron chi connectivity index (χ4n) is 4.27. The van der Waals surface area contributed by atoms with Crippen molar-refractivity contribution < 1.29 is 13.5 Å². The first kappa shape index (κ1) is 18.9. The number of likely N-dealkylation sites (N-methyl/N-ethyl adjacent to an activating group) is 1. The first-order chi connectivity index (χ1) is 13.4. The largest absolute Gasteiger partial charge is 0.386 e. The van der Waals surface area contributed by atoms with E-state index in [1.807, 2.05) is 55.6 Å². The number of hydrogen-bond donors (Lipinski definition) is 1. The van der Waals surface area contributed by atoms with Gasteiger partial charge in [0, 0.05) is 6.26 Å². The fraction of sp³-hybridized carbons (Fsp3) is 0.217. The molecule has 144 valence electrons. The van der Waals surface area contributed by atoms with Gasteiger partial charge in [-0.15, -0.1) is 0 Å². The molecule has 0 saturated carbocycles. The van der Waals surface area contributed by atoms with E-state index in [0.29, 0.717) is 5.56 Å². The van der Waals surface area contributed by atoms with Gasteiger partial charge in [0.25, 0.3) is 0 Å². The molecule has 4 rings (SSSR count). The Bertz CT molecular complexity index is 1070. The van der Waals surface area contributed by atoms with Gasteiger partial charge in [-0.05, 0) is 35.9 Å². The summed E-state index contributed by atoms with van der Waals surface area (Å²) >= 11 is 0. The summed E-state index contributed by atoms with van der Waals surface area (Å²) in [6.07, 6.45) is 0.378. The van der Waals surface area contributed by atoms with E-state index in [9.17, 15) is 13.5 Å². The molecule has 28 heavy (non-hydrogen) atoms. The predicted molar refractivity (Wildman–Crippen MR) is 110 cm³/mol. The highest BCUT2D eigenvalue weighted by Crippen LogP contribution is 2.64. The highest BCUT2D eigenvalue weighted by Gasteiger charge is 2.66. The molecule has 0 aliphatic carbocycles. The van der Waals surface area contributed by atoms with Crippen LogP contribution in [0.25, 0.3) is 0 Å². The van der Waals surface area contributed by atoms with Crippen LogP contribution in [0.1, 0.15) is 28.8 Å². The van der Waals surface area contributed by atoms with E-state index in [2.05, 4.69) is 17.0 Å². The van der Waals surface area contributed by atoms with Crippen molar-refractivity contribution in [2.75, 3.05) is 13.3 Å². The molecule has 3 aromatic carbocycles. The highest BCUT2D eigenvalue weighted by molar-refractivity contribution is 7.90. The van der Waals surface area contributed by atoms with Crippen molar-refractivity contribution in [3.05, 3.63) is 102 Å². The fourth-order valence-corrected chi connectivity index (χ4v) is 4.90. The van der Waals surface area contributed by atoms with Crippen molar-refractivity contribution in [2.45, 2.75) is 22.6 Å². The number of sulfone groups is 1. The number of nitrogens with zero attached hydrogens (tertiary/aromatic N) is 1. The summed E-state index contributed by atoms with van der Waals surface area (Å²) in [6.45, 7) is 0. The zero-order valence-electron chi connectivity index (χ0n) is 15.9. The molecule has 1 fully saturated rings. The molecule has 1 N–H and O–H groups in total. The second kappa shape index (κ2) is 6.85. The van der Waals surface area contributed by atoms with Crippen LogP contribution in [-0.4, -0.2) is 31.7 Å². The molecule has 0 radical (unpaired) electrons. The normalized spacial score (nSPS) is 25.2. The molecule has 4 nitrogen and oxygen atoms in total. The lowest BCUT2D eigenvalue weighted by molar-refractivity contribution is 0.107. The van der Waals surface area contributed by atoms with Crippen molar-refractivity contribution in [1.82, 2.24) is 4.90 Å². The molecule has 1 aliphatic rings. The maximum Gasteiger partial charge on any atom is 0.175 e. The van der Waals surface area contributed by atoms with Crippen LogP contribution in [0.5, 0.6) is 0 Å². The third kappa shape index (κ3) is 2.96. The lowest BCUT2D eigenvalue weighted by Crippen LogP contribution is -2.24. The van der Waals surface area contributed by atoms with Gasteiger partial charge >= 0.3 is 0 Å². The van der Waals surface area contributed by atoms with E-state index in [1.54, 1.807) is 24.3 Å². The van der Waals surface area contributed by atoms with Crippen LogP contribution in [0.4, 0.5) is 0 Å². The van der Waals surface area contributed by atoms with Crippen LogP contribution < -0.4 is 0 Å². The zero-order valence-corrected chi connectivity index (χ0v) is 16.7. The minimum absolute atomic E-state index is 0.0284. The van der Waals surface area contributed by atoms with E-state index >= 15 is 0 Å². The Labute approximate surface area is 166 Å². The molecule has 5 heteroatoms. The first-order valence-corrected chi connectivity index (χ1v) is 11.1. The van der Waals surface area contributed by atoms with Gasteiger partial charge in [0.2, 0.25) is 0 Å². The third-order valence-corrected chi connectivity index (χ3v) is 6.84. The monoisotopic (exact) mass is 393 g/mol. The zero-order chi connectivity index (χ0) is 19.9. The first-order valence-electron chi connectivity index (χ1n) is 9.18. The van der Waals surface area contributed by atoms with Crippen LogP contribution in [0.2, 0.25) is 0 Å². The van der Waals surface area contributed by atoms with E-state index in [-0.39, 0.29) is 10.9 Å². The Balaban J connectivity index is 1.79. The minimum atomic E-state index is -3.27. The van der Waals surface area contributed by atoms with Gasteiger partial charge in [-0.25, -0.2) is 8.42 Å². The Morgan fingerprint density at radius 3 is 1.96 bits per heavy atom. The van der Waals surface area contributed by atoms with Crippen LogP contribution in [0, 0.1) is 0 Å². The summed E-state index contributed by atoms with van der Waals surface area (Å²) in [7, 11) is -1.26. The number of rotatable bonds is 5. The number of aliphatic hydroxyl groups excluding tert-OH is 1. The molecule has 0 spiro atoms. The lowest BCUT2D eigenvalue weighted by atomic mass is 9.83. The summed E-state index contributed by atoms with van der Waals surface area (Å²) in [5.41, 5.74) is 2.27. The smallest absolute Gasteiger partial charge is 0.175 e. The third-order valence-electron chi connectivity index (χ3n) is 5.71. The Morgan fingerprint density at radius 2 is 1.43 bits per heavy atom. The van der Waals surface area contributed by atoms with Crippen LogP contribution in [-0.2, 0) is 15.4 Å². The summed E-state index contributed by atoms with van der Waals surface area (Å²) in [6, 6.07) is 26.7. The Morgan fingerprint density at radius 1 is 0.893 bits per heavy atom. The average molecular weight is 394 g/mol. The van der Waals surface area contributed by atoms with Crippen molar-refractivity contribution >= 4 is 9.84 Å². The van der Waals surface area contributed by atoms with E-state index in [0.717, 1.165) is 11.1 Å². The minimum Gasteiger partial charge on any atom is -0.386 e. The van der Waals surface area contributed by atoms with Crippen molar-refractivity contribution in [3.63, 3.8) is 0 Å². The van der Waals surface area contributed by atoms with E-state index < -0.39 is 21.5 Å². The van der Waals surface area contributed by atoms with Crippen LogP contribution in [0.3, 0.4) is 0 Å². The second-order valence-electron chi connectivity index (χ2n) is 7.36. The average Bonchev–Trinajstić information content (AvgIpc) is 3.34. The van der Waals surface area contributed by atoms with E-state index in [1.165, 1.54) is 6.26 Å². The molecule has 1 heterocycles. The summed E-state index contributed by atoms with van der Waals surface area (Å²) in [4.78, 5) is 2.42.